The molecule has 3 unspecified atom stereocenters. The molecule has 3 fully saturated rings. The second kappa shape index (κ2) is 8.40. The molecule has 0 spiro atoms. The van der Waals surface area contributed by atoms with Crippen molar-refractivity contribution in [2.45, 2.75) is 57.2 Å². The lowest BCUT2D eigenvalue weighted by Gasteiger charge is -2.38. The fourth-order valence-corrected chi connectivity index (χ4v) is 5.94. The highest BCUT2D eigenvalue weighted by molar-refractivity contribution is 5.87. The van der Waals surface area contributed by atoms with Gasteiger partial charge in [-0.05, 0) is 42.7 Å². The summed E-state index contributed by atoms with van der Waals surface area (Å²) in [6, 6.07) is 18.7. The third-order valence-electron chi connectivity index (χ3n) is 7.85. The van der Waals surface area contributed by atoms with Crippen molar-refractivity contribution < 1.29 is 9.90 Å². The van der Waals surface area contributed by atoms with Crippen molar-refractivity contribution in [3.63, 3.8) is 0 Å². The maximum atomic E-state index is 13.5. The monoisotopic (exact) mass is 418 g/mol. The van der Waals surface area contributed by atoms with Crippen LogP contribution >= 0.6 is 0 Å². The van der Waals surface area contributed by atoms with E-state index in [1.54, 1.807) is 0 Å². The number of hydrogen-bond donors (Lipinski definition) is 2. The molecule has 2 aromatic carbocycles. The molecule has 31 heavy (non-hydrogen) atoms. The molecule has 164 valence electrons. The number of carbonyl (C=O) groups is 1. The van der Waals surface area contributed by atoms with Crippen LogP contribution in [0.5, 0.6) is 0 Å². The molecule has 2 N–H and O–H groups in total. The molecule has 1 heterocycles. The molecule has 5 rings (SSSR count). The summed E-state index contributed by atoms with van der Waals surface area (Å²) in [5, 5.41) is 15.1. The number of likely N-dealkylation sites (tertiary alicyclic amines) is 1. The molecule has 3 atom stereocenters. The predicted molar refractivity (Wildman–Crippen MR) is 122 cm³/mol. The van der Waals surface area contributed by atoms with E-state index in [4.69, 9.17) is 0 Å². The zero-order valence-corrected chi connectivity index (χ0v) is 18.5. The second-order valence-corrected chi connectivity index (χ2v) is 9.97. The van der Waals surface area contributed by atoms with E-state index in [1.165, 1.54) is 12.0 Å². The van der Waals surface area contributed by atoms with Crippen molar-refractivity contribution >= 4 is 5.91 Å². The van der Waals surface area contributed by atoms with E-state index >= 15 is 0 Å². The van der Waals surface area contributed by atoms with Gasteiger partial charge in [-0.1, -0.05) is 79.4 Å². The molecule has 4 nitrogen and oxygen atoms in total. The summed E-state index contributed by atoms with van der Waals surface area (Å²) < 4.78 is 0. The minimum absolute atomic E-state index is 0.00266. The van der Waals surface area contributed by atoms with Gasteiger partial charge in [0.05, 0.1) is 0 Å². The Bertz CT molecular complexity index is 895. The molecule has 2 saturated carbocycles. The van der Waals surface area contributed by atoms with Crippen molar-refractivity contribution in [2.24, 2.45) is 17.8 Å². The molecule has 1 aliphatic heterocycles. The van der Waals surface area contributed by atoms with Crippen LogP contribution in [0.25, 0.3) is 0 Å². The van der Waals surface area contributed by atoms with E-state index in [9.17, 15) is 9.90 Å². The summed E-state index contributed by atoms with van der Waals surface area (Å²) in [7, 11) is 0. The minimum Gasteiger partial charge on any atom is -0.375 e. The first kappa shape index (κ1) is 20.7. The molecule has 2 aliphatic carbocycles. The van der Waals surface area contributed by atoms with E-state index in [1.807, 2.05) is 31.2 Å². The number of benzene rings is 2. The van der Waals surface area contributed by atoms with Crippen LogP contribution in [0, 0.1) is 24.7 Å². The van der Waals surface area contributed by atoms with Gasteiger partial charge in [0.2, 0.25) is 0 Å². The van der Waals surface area contributed by atoms with Gasteiger partial charge in [-0.25, -0.2) is 0 Å². The number of aryl methyl sites for hydroxylation is 1. The van der Waals surface area contributed by atoms with Crippen molar-refractivity contribution in [1.82, 2.24) is 10.2 Å². The third-order valence-corrected chi connectivity index (χ3v) is 7.85. The van der Waals surface area contributed by atoms with Gasteiger partial charge in [0.15, 0.2) is 5.60 Å². The lowest BCUT2D eigenvalue weighted by atomic mass is 9.72. The molecule has 1 saturated heterocycles. The van der Waals surface area contributed by atoms with Gasteiger partial charge in [-0.3, -0.25) is 9.69 Å². The Labute approximate surface area is 185 Å². The summed E-state index contributed by atoms with van der Waals surface area (Å²) in [6.45, 7) is 5.06. The summed E-state index contributed by atoms with van der Waals surface area (Å²) in [4.78, 5) is 16.0. The molecule has 3 aliphatic rings. The Morgan fingerprint density at radius 2 is 1.65 bits per heavy atom. The van der Waals surface area contributed by atoms with E-state index in [2.05, 4.69) is 40.5 Å². The first-order valence-corrected chi connectivity index (χ1v) is 11.9. The van der Waals surface area contributed by atoms with Gasteiger partial charge in [0.25, 0.3) is 5.91 Å². The van der Waals surface area contributed by atoms with Crippen LogP contribution in [0.2, 0.25) is 0 Å². The average molecular weight is 419 g/mol. The first-order chi connectivity index (χ1) is 15.1. The molecule has 0 bridgehead atoms. The predicted octanol–water partition coefficient (Wildman–Crippen LogP) is 4.01. The Morgan fingerprint density at radius 3 is 2.29 bits per heavy atom. The highest BCUT2D eigenvalue weighted by Gasteiger charge is 2.58. The Balaban J connectivity index is 1.25. The van der Waals surface area contributed by atoms with Crippen LogP contribution in [-0.4, -0.2) is 35.0 Å². The van der Waals surface area contributed by atoms with E-state index in [0.29, 0.717) is 11.8 Å². The number of hydrogen-bond acceptors (Lipinski definition) is 3. The maximum Gasteiger partial charge on any atom is 0.257 e. The number of carbonyl (C=O) groups excluding carboxylic acids is 1. The molecule has 4 heteroatoms. The van der Waals surface area contributed by atoms with Gasteiger partial charge in [-0.2, -0.15) is 0 Å². The lowest BCUT2D eigenvalue weighted by Crippen LogP contribution is -2.51. The summed E-state index contributed by atoms with van der Waals surface area (Å²) in [6.07, 6.45) is 5.22. The van der Waals surface area contributed by atoms with E-state index in [-0.39, 0.29) is 17.9 Å². The number of nitrogens with one attached hydrogen (secondary N) is 1. The highest BCUT2D eigenvalue weighted by atomic mass is 16.3. The van der Waals surface area contributed by atoms with E-state index < -0.39 is 5.60 Å². The van der Waals surface area contributed by atoms with Crippen LogP contribution in [-0.2, 0) is 16.9 Å². The Morgan fingerprint density at radius 1 is 1.00 bits per heavy atom. The Hall–Kier alpha value is -2.17. The summed E-state index contributed by atoms with van der Waals surface area (Å²) in [5.74, 6) is 0.844. The highest BCUT2D eigenvalue weighted by Crippen LogP contribution is 2.47. The maximum absolute atomic E-state index is 13.5. The summed E-state index contributed by atoms with van der Waals surface area (Å²) in [5.41, 5.74) is 1.81. The van der Waals surface area contributed by atoms with Crippen molar-refractivity contribution in [2.75, 3.05) is 13.1 Å². The largest absolute Gasteiger partial charge is 0.375 e. The van der Waals surface area contributed by atoms with Crippen molar-refractivity contribution in [1.29, 1.82) is 0 Å². The van der Waals surface area contributed by atoms with Crippen molar-refractivity contribution in [3.05, 3.63) is 71.3 Å². The smallest absolute Gasteiger partial charge is 0.257 e. The van der Waals surface area contributed by atoms with Gasteiger partial charge in [-0.15, -0.1) is 0 Å². The van der Waals surface area contributed by atoms with Gasteiger partial charge in [0, 0.05) is 31.6 Å². The number of fused-ring (bicyclic) bond motifs is 1. The normalized spacial score (nSPS) is 28.0. The fourth-order valence-electron chi connectivity index (χ4n) is 5.94. The van der Waals surface area contributed by atoms with Crippen molar-refractivity contribution in [3.8, 4) is 0 Å². The fraction of sp³-hybridized carbons (Fsp3) is 0.519. The van der Waals surface area contributed by atoms with Crippen LogP contribution in [0.4, 0.5) is 0 Å². The van der Waals surface area contributed by atoms with Crippen LogP contribution in [0.15, 0.2) is 54.6 Å². The van der Waals surface area contributed by atoms with Crippen LogP contribution in [0.1, 0.15) is 48.8 Å². The number of rotatable bonds is 6. The van der Waals surface area contributed by atoms with Gasteiger partial charge < -0.3 is 10.4 Å². The number of aliphatic hydroxyl groups is 1. The van der Waals surface area contributed by atoms with Crippen LogP contribution < -0.4 is 5.32 Å². The zero-order chi connectivity index (χ0) is 21.4. The number of amides is 1. The van der Waals surface area contributed by atoms with Gasteiger partial charge in [0.1, 0.15) is 0 Å². The molecule has 2 aromatic rings. The van der Waals surface area contributed by atoms with E-state index in [0.717, 1.165) is 56.4 Å². The average Bonchev–Trinajstić information content (AvgIpc) is 3.24. The second-order valence-electron chi connectivity index (χ2n) is 9.97. The molecule has 0 aromatic heterocycles. The standard InChI is InChI=1S/C27H34N2O2/c1-19-12-14-22(15-13-19)27(31,21-10-6-3-7-11-21)26(30)28-25-23-17-29(18-24(23)25)16-20-8-4-2-5-9-20/h2,4-5,8-9,12-15,21,23-25,31H,3,6-7,10-11,16-18H2,1H3,(H,28,30). The first-order valence-electron chi connectivity index (χ1n) is 11.9. The molecular weight excluding hydrogens is 384 g/mol. The zero-order valence-electron chi connectivity index (χ0n) is 18.5. The minimum atomic E-state index is -1.42. The molecule has 0 radical (unpaired) electrons. The lowest BCUT2D eigenvalue weighted by molar-refractivity contribution is -0.149. The molecule has 1 amide bonds. The quantitative estimate of drug-likeness (QED) is 0.745. The van der Waals surface area contributed by atoms with Gasteiger partial charge >= 0.3 is 0 Å². The molecular formula is C27H34N2O2. The summed E-state index contributed by atoms with van der Waals surface area (Å²) >= 11 is 0. The number of piperidine rings is 1. The topological polar surface area (TPSA) is 52.6 Å². The SMILES string of the molecule is Cc1ccc(C(O)(C(=O)NC2C3CN(Cc4ccccc4)CC32)C2CCCCC2)cc1. The number of nitrogens with zero attached hydrogens (tertiary/aromatic N) is 1. The Kier molecular flexibility index (Phi) is 5.61. The third kappa shape index (κ3) is 4.04. The van der Waals surface area contributed by atoms with Crippen LogP contribution in [0.3, 0.4) is 0 Å².